The van der Waals surface area contributed by atoms with E-state index in [-0.39, 0.29) is 18.4 Å². The Hall–Kier alpha value is -4.40. The maximum absolute atomic E-state index is 14.5. The standard InChI is InChI=1S/C31H37N5O4/c1-8-31(4,5)32-30(38)29(23-18-22(39-6)16-17-26(23)40-7)36(28-20(2)12-11-13-21(28)3)27(37)19-35-25-15-10-9-14-24(25)33-34-35/h9-18,29H,8,19H2,1-7H3,(H,32,38)/t29-/m1/s1. The molecule has 4 aromatic rings. The van der Waals surface area contributed by atoms with Crippen molar-refractivity contribution in [2.45, 2.75) is 59.2 Å². The molecule has 9 heteroatoms. The van der Waals surface area contributed by atoms with Crippen LogP contribution in [0.4, 0.5) is 5.69 Å². The lowest BCUT2D eigenvalue weighted by molar-refractivity contribution is -0.128. The molecule has 0 saturated carbocycles. The molecule has 0 bridgehead atoms. The van der Waals surface area contributed by atoms with E-state index in [0.717, 1.165) is 16.6 Å². The van der Waals surface area contributed by atoms with Crippen LogP contribution >= 0.6 is 0 Å². The highest BCUT2D eigenvalue weighted by Crippen LogP contribution is 2.39. The maximum Gasteiger partial charge on any atom is 0.249 e. The molecule has 1 atom stereocenters. The van der Waals surface area contributed by atoms with Crippen LogP contribution in [0.25, 0.3) is 11.0 Å². The van der Waals surface area contributed by atoms with Crippen LogP contribution in [0.1, 0.15) is 49.9 Å². The first kappa shape index (κ1) is 28.6. The lowest BCUT2D eigenvalue weighted by Crippen LogP contribution is -2.51. The van der Waals surface area contributed by atoms with Crippen molar-refractivity contribution in [2.75, 3.05) is 19.1 Å². The third-order valence-electron chi connectivity index (χ3n) is 7.24. The quantitative estimate of drug-likeness (QED) is 0.297. The average Bonchev–Trinajstić information content (AvgIpc) is 3.34. The number of ether oxygens (including phenoxy) is 2. The van der Waals surface area contributed by atoms with Gasteiger partial charge in [-0.15, -0.1) is 5.10 Å². The molecule has 0 aliphatic rings. The van der Waals surface area contributed by atoms with Crippen LogP contribution in [-0.2, 0) is 16.1 Å². The molecule has 1 aromatic heterocycles. The number of hydrogen-bond donors (Lipinski definition) is 1. The van der Waals surface area contributed by atoms with Gasteiger partial charge in [-0.3, -0.25) is 14.5 Å². The predicted octanol–water partition coefficient (Wildman–Crippen LogP) is 5.14. The summed E-state index contributed by atoms with van der Waals surface area (Å²) in [4.78, 5) is 30.3. The van der Waals surface area contributed by atoms with Gasteiger partial charge in [0.2, 0.25) is 11.8 Å². The molecular formula is C31H37N5O4. The fraction of sp³-hybridized carbons (Fsp3) is 0.355. The maximum atomic E-state index is 14.5. The lowest BCUT2D eigenvalue weighted by atomic mass is 9.96. The number of para-hydroxylation sites is 2. The molecule has 0 aliphatic carbocycles. The monoisotopic (exact) mass is 543 g/mol. The third kappa shape index (κ3) is 5.78. The van der Waals surface area contributed by atoms with E-state index in [9.17, 15) is 9.59 Å². The molecule has 2 amide bonds. The second-order valence-electron chi connectivity index (χ2n) is 10.5. The van der Waals surface area contributed by atoms with E-state index >= 15 is 0 Å². The van der Waals surface area contributed by atoms with Crippen molar-refractivity contribution < 1.29 is 19.1 Å². The Labute approximate surface area is 235 Å². The van der Waals surface area contributed by atoms with Crippen LogP contribution in [-0.4, -0.2) is 46.6 Å². The normalized spacial score (nSPS) is 12.2. The summed E-state index contributed by atoms with van der Waals surface area (Å²) < 4.78 is 12.8. The Kier molecular flexibility index (Phi) is 8.42. The van der Waals surface area contributed by atoms with E-state index in [2.05, 4.69) is 15.6 Å². The minimum Gasteiger partial charge on any atom is -0.497 e. The number of methoxy groups -OCH3 is 2. The molecule has 9 nitrogen and oxygen atoms in total. The molecule has 0 radical (unpaired) electrons. The average molecular weight is 544 g/mol. The van der Waals surface area contributed by atoms with Crippen molar-refractivity contribution in [1.29, 1.82) is 0 Å². The van der Waals surface area contributed by atoms with Gasteiger partial charge in [-0.05, 0) is 75.6 Å². The number of amides is 2. The minimum atomic E-state index is -1.07. The summed E-state index contributed by atoms with van der Waals surface area (Å²) >= 11 is 0. The van der Waals surface area contributed by atoms with Gasteiger partial charge in [-0.1, -0.05) is 42.5 Å². The molecule has 0 aliphatic heterocycles. The zero-order chi connectivity index (χ0) is 29.0. The molecule has 1 heterocycles. The summed E-state index contributed by atoms with van der Waals surface area (Å²) in [5.41, 5.74) is 3.75. The number of benzene rings is 3. The zero-order valence-corrected chi connectivity index (χ0v) is 24.2. The van der Waals surface area contributed by atoms with Gasteiger partial charge in [0.1, 0.15) is 29.6 Å². The fourth-order valence-electron chi connectivity index (χ4n) is 4.76. The van der Waals surface area contributed by atoms with Gasteiger partial charge >= 0.3 is 0 Å². The van der Waals surface area contributed by atoms with E-state index in [1.165, 1.54) is 0 Å². The minimum absolute atomic E-state index is 0.123. The number of nitrogens with one attached hydrogen (secondary N) is 1. The van der Waals surface area contributed by atoms with Gasteiger partial charge in [0.15, 0.2) is 0 Å². The van der Waals surface area contributed by atoms with Crippen LogP contribution < -0.4 is 19.7 Å². The second-order valence-corrected chi connectivity index (χ2v) is 10.5. The van der Waals surface area contributed by atoms with Gasteiger partial charge < -0.3 is 14.8 Å². The Morgan fingerprint density at radius 3 is 2.35 bits per heavy atom. The van der Waals surface area contributed by atoms with Crippen molar-refractivity contribution in [1.82, 2.24) is 20.3 Å². The van der Waals surface area contributed by atoms with Crippen molar-refractivity contribution in [3.63, 3.8) is 0 Å². The Morgan fingerprint density at radius 1 is 1.00 bits per heavy atom. The highest BCUT2D eigenvalue weighted by molar-refractivity contribution is 6.03. The number of aromatic nitrogens is 3. The van der Waals surface area contributed by atoms with Gasteiger partial charge in [0.25, 0.3) is 0 Å². The highest BCUT2D eigenvalue weighted by Gasteiger charge is 2.38. The molecule has 0 saturated heterocycles. The van der Waals surface area contributed by atoms with E-state index in [1.807, 2.05) is 77.1 Å². The summed E-state index contributed by atoms with van der Waals surface area (Å²) in [5.74, 6) is 0.343. The molecule has 0 spiro atoms. The second kappa shape index (κ2) is 11.8. The number of aryl methyl sites for hydroxylation is 2. The largest absolute Gasteiger partial charge is 0.497 e. The van der Waals surface area contributed by atoms with Crippen LogP contribution in [0.2, 0.25) is 0 Å². The van der Waals surface area contributed by atoms with E-state index in [4.69, 9.17) is 9.47 Å². The number of anilines is 1. The fourth-order valence-corrected chi connectivity index (χ4v) is 4.76. The van der Waals surface area contributed by atoms with E-state index in [0.29, 0.717) is 34.7 Å². The molecule has 0 fully saturated rings. The number of rotatable bonds is 10. The number of hydrogen-bond acceptors (Lipinski definition) is 6. The smallest absolute Gasteiger partial charge is 0.249 e. The van der Waals surface area contributed by atoms with Gasteiger partial charge in [0.05, 0.1) is 25.4 Å². The summed E-state index contributed by atoms with van der Waals surface area (Å²) in [6.07, 6.45) is 0.697. The van der Waals surface area contributed by atoms with Gasteiger partial charge in [0, 0.05) is 11.1 Å². The number of nitrogens with zero attached hydrogens (tertiary/aromatic N) is 4. The Morgan fingerprint density at radius 2 is 1.70 bits per heavy atom. The van der Waals surface area contributed by atoms with E-state index < -0.39 is 11.6 Å². The Balaban J connectivity index is 1.95. The zero-order valence-electron chi connectivity index (χ0n) is 24.2. The van der Waals surface area contributed by atoms with Crippen molar-refractivity contribution in [3.05, 3.63) is 77.4 Å². The molecule has 1 N–H and O–H groups in total. The third-order valence-corrected chi connectivity index (χ3v) is 7.24. The van der Waals surface area contributed by atoms with Crippen molar-refractivity contribution >= 4 is 28.5 Å². The predicted molar refractivity (Wildman–Crippen MR) is 156 cm³/mol. The molecular weight excluding hydrogens is 506 g/mol. The van der Waals surface area contributed by atoms with Crippen molar-refractivity contribution in [3.8, 4) is 11.5 Å². The number of carbonyl (C=O) groups is 2. The Bertz CT molecular complexity index is 1510. The summed E-state index contributed by atoms with van der Waals surface area (Å²) in [5, 5.41) is 11.6. The number of carbonyl (C=O) groups excluding carboxylic acids is 2. The van der Waals surface area contributed by atoms with E-state index in [1.54, 1.807) is 42.0 Å². The summed E-state index contributed by atoms with van der Waals surface area (Å²) in [7, 11) is 3.11. The van der Waals surface area contributed by atoms with Gasteiger partial charge in [-0.25, -0.2) is 4.68 Å². The van der Waals surface area contributed by atoms with Crippen LogP contribution in [0.15, 0.2) is 60.7 Å². The summed E-state index contributed by atoms with van der Waals surface area (Å²) in [6.45, 7) is 9.66. The molecule has 210 valence electrons. The SMILES string of the molecule is CCC(C)(C)NC(=O)[C@@H](c1cc(OC)ccc1OC)N(C(=O)Cn1nnc2ccccc21)c1c(C)cccc1C. The van der Waals surface area contributed by atoms with Crippen molar-refractivity contribution in [2.24, 2.45) is 0 Å². The lowest BCUT2D eigenvalue weighted by Gasteiger charge is -2.36. The number of fused-ring (bicyclic) bond motifs is 1. The molecule has 40 heavy (non-hydrogen) atoms. The van der Waals surface area contributed by atoms with Gasteiger partial charge in [-0.2, -0.15) is 0 Å². The molecule has 4 rings (SSSR count). The molecule has 3 aromatic carbocycles. The van der Waals surface area contributed by atoms with Crippen LogP contribution in [0.5, 0.6) is 11.5 Å². The topological polar surface area (TPSA) is 98.6 Å². The first-order valence-corrected chi connectivity index (χ1v) is 13.3. The van der Waals surface area contributed by atoms with Crippen LogP contribution in [0, 0.1) is 13.8 Å². The summed E-state index contributed by atoms with van der Waals surface area (Å²) in [6, 6.07) is 17.4. The first-order valence-electron chi connectivity index (χ1n) is 13.3. The highest BCUT2D eigenvalue weighted by atomic mass is 16.5. The first-order chi connectivity index (χ1) is 19.1. The van der Waals surface area contributed by atoms with Crippen LogP contribution in [0.3, 0.4) is 0 Å². The molecule has 0 unspecified atom stereocenters.